The highest BCUT2D eigenvalue weighted by molar-refractivity contribution is 5.96. The lowest BCUT2D eigenvalue weighted by molar-refractivity contribution is 0.0693. The molecule has 0 aromatic heterocycles. The molecular weight excluding hydrogens is 351 g/mol. The fraction of sp³-hybridized carbons (Fsp3) is 0.250. The third-order valence-corrected chi connectivity index (χ3v) is 4.64. The number of ketones is 1. The summed E-state index contributed by atoms with van der Waals surface area (Å²) in [7, 11) is 0. The van der Waals surface area contributed by atoms with Crippen LogP contribution in [0.4, 0.5) is 10.1 Å². The lowest BCUT2D eigenvalue weighted by Gasteiger charge is -2.36. The molecule has 3 rings (SSSR count). The van der Waals surface area contributed by atoms with Gasteiger partial charge in [0.2, 0.25) is 0 Å². The minimum atomic E-state index is -1.04. The monoisotopic (exact) mass is 370 g/mol. The van der Waals surface area contributed by atoms with E-state index < -0.39 is 11.8 Å². The first kappa shape index (κ1) is 18.6. The van der Waals surface area contributed by atoms with Crippen LogP contribution in [0.1, 0.15) is 38.0 Å². The zero-order valence-electron chi connectivity index (χ0n) is 14.8. The van der Waals surface area contributed by atoms with E-state index in [1.54, 1.807) is 17.0 Å². The predicted octanol–water partition coefficient (Wildman–Crippen LogP) is 2.69. The summed E-state index contributed by atoms with van der Waals surface area (Å²) < 4.78 is 14.3. The summed E-state index contributed by atoms with van der Waals surface area (Å²) in [6, 6.07) is 10.2. The number of nitrogens with zero attached hydrogens (tertiary/aromatic N) is 2. The number of carbonyl (C=O) groups is 3. The Morgan fingerprint density at radius 1 is 0.889 bits per heavy atom. The smallest absolute Gasteiger partial charge is 0.335 e. The van der Waals surface area contributed by atoms with E-state index in [1.165, 1.54) is 37.3 Å². The van der Waals surface area contributed by atoms with E-state index in [9.17, 15) is 18.8 Å². The summed E-state index contributed by atoms with van der Waals surface area (Å²) in [4.78, 5) is 38.3. The average molecular weight is 370 g/mol. The van der Waals surface area contributed by atoms with Crippen molar-refractivity contribution in [3.05, 3.63) is 65.0 Å². The third-order valence-electron chi connectivity index (χ3n) is 4.64. The van der Waals surface area contributed by atoms with Crippen molar-refractivity contribution in [2.75, 3.05) is 31.1 Å². The maximum atomic E-state index is 14.3. The molecule has 1 fully saturated rings. The van der Waals surface area contributed by atoms with Crippen molar-refractivity contribution in [3.8, 4) is 0 Å². The number of rotatable bonds is 4. The lowest BCUT2D eigenvalue weighted by Crippen LogP contribution is -2.49. The topological polar surface area (TPSA) is 77.9 Å². The van der Waals surface area contributed by atoms with Crippen LogP contribution in [0.3, 0.4) is 0 Å². The third kappa shape index (κ3) is 3.97. The van der Waals surface area contributed by atoms with Gasteiger partial charge >= 0.3 is 5.97 Å². The molecule has 1 heterocycles. The van der Waals surface area contributed by atoms with Gasteiger partial charge in [-0.15, -0.1) is 0 Å². The van der Waals surface area contributed by atoms with Crippen molar-refractivity contribution in [1.82, 2.24) is 4.90 Å². The molecular formula is C20H19FN2O4. The average Bonchev–Trinajstić information content (AvgIpc) is 2.67. The van der Waals surface area contributed by atoms with E-state index in [4.69, 9.17) is 5.11 Å². The number of piperazine rings is 1. The first-order valence-corrected chi connectivity index (χ1v) is 8.55. The molecule has 2 aromatic rings. The summed E-state index contributed by atoms with van der Waals surface area (Å²) in [6.07, 6.45) is 0. The van der Waals surface area contributed by atoms with Crippen LogP contribution in [0, 0.1) is 5.82 Å². The Kier molecular flexibility index (Phi) is 5.21. The summed E-state index contributed by atoms with van der Waals surface area (Å²) in [5, 5.41) is 8.92. The van der Waals surface area contributed by atoms with Gasteiger partial charge in [0.25, 0.3) is 5.91 Å². The second kappa shape index (κ2) is 7.57. The molecule has 1 aliphatic rings. The van der Waals surface area contributed by atoms with Gasteiger partial charge in [-0.25, -0.2) is 9.18 Å². The number of benzene rings is 2. The highest BCUT2D eigenvalue weighted by Crippen LogP contribution is 2.23. The van der Waals surface area contributed by atoms with Crippen molar-refractivity contribution in [2.45, 2.75) is 6.92 Å². The molecule has 1 aliphatic heterocycles. The van der Waals surface area contributed by atoms with E-state index >= 15 is 0 Å². The van der Waals surface area contributed by atoms with E-state index in [2.05, 4.69) is 0 Å². The number of halogens is 1. The second-order valence-electron chi connectivity index (χ2n) is 6.38. The van der Waals surface area contributed by atoms with Gasteiger partial charge in [0, 0.05) is 37.3 Å². The van der Waals surface area contributed by atoms with Crippen LogP contribution in [-0.2, 0) is 0 Å². The number of carbonyl (C=O) groups excluding carboxylic acids is 2. The molecule has 0 radical (unpaired) electrons. The van der Waals surface area contributed by atoms with Crippen molar-refractivity contribution in [3.63, 3.8) is 0 Å². The molecule has 0 aliphatic carbocycles. The van der Waals surface area contributed by atoms with Crippen molar-refractivity contribution in [2.24, 2.45) is 0 Å². The maximum Gasteiger partial charge on any atom is 0.335 e. The van der Waals surface area contributed by atoms with Gasteiger partial charge in [0.15, 0.2) is 5.78 Å². The molecule has 7 heteroatoms. The summed E-state index contributed by atoms with van der Waals surface area (Å²) in [5.41, 5.74) is 1.29. The first-order valence-electron chi connectivity index (χ1n) is 8.55. The van der Waals surface area contributed by atoms with Crippen molar-refractivity contribution in [1.29, 1.82) is 0 Å². The number of anilines is 1. The highest BCUT2D eigenvalue weighted by atomic mass is 19.1. The van der Waals surface area contributed by atoms with Crippen LogP contribution in [-0.4, -0.2) is 53.8 Å². The standard InChI is InChI=1S/C20H19FN2O4/c1-13(24)16-6-7-18(17(21)12-16)22-8-10-23(11-9-22)19(25)14-2-4-15(5-3-14)20(26)27/h2-7,12H,8-11H2,1H3,(H,26,27). The molecule has 140 valence electrons. The Morgan fingerprint density at radius 3 is 1.96 bits per heavy atom. The quantitative estimate of drug-likeness (QED) is 0.838. The number of Topliss-reactive ketones (excluding diaryl/α,β-unsaturated/α-hetero) is 1. The van der Waals surface area contributed by atoms with E-state index in [-0.39, 0.29) is 17.3 Å². The number of carboxylic acid groups (broad SMARTS) is 1. The number of carboxylic acids is 1. The largest absolute Gasteiger partial charge is 0.478 e. The molecule has 27 heavy (non-hydrogen) atoms. The Balaban J connectivity index is 1.65. The summed E-state index contributed by atoms with van der Waals surface area (Å²) in [6.45, 7) is 3.17. The van der Waals surface area contributed by atoms with Crippen molar-refractivity contribution < 1.29 is 23.9 Å². The predicted molar refractivity (Wildman–Crippen MR) is 97.9 cm³/mol. The van der Waals surface area contributed by atoms with Gasteiger partial charge in [-0.2, -0.15) is 0 Å². The first-order chi connectivity index (χ1) is 12.9. The van der Waals surface area contributed by atoms with Gasteiger partial charge in [-0.3, -0.25) is 9.59 Å². The summed E-state index contributed by atoms with van der Waals surface area (Å²) >= 11 is 0. The van der Waals surface area contributed by atoms with Crippen LogP contribution in [0.15, 0.2) is 42.5 Å². The highest BCUT2D eigenvalue weighted by Gasteiger charge is 2.24. The molecule has 0 unspecified atom stereocenters. The fourth-order valence-electron chi connectivity index (χ4n) is 3.07. The second-order valence-corrected chi connectivity index (χ2v) is 6.38. The Hall–Kier alpha value is -3.22. The Morgan fingerprint density at radius 2 is 1.44 bits per heavy atom. The SMILES string of the molecule is CC(=O)c1ccc(N2CCN(C(=O)c3ccc(C(=O)O)cc3)CC2)c(F)c1. The van der Waals surface area contributed by atoms with Crippen LogP contribution in [0.2, 0.25) is 0 Å². The molecule has 0 saturated carbocycles. The van der Waals surface area contributed by atoms with E-state index in [0.717, 1.165) is 0 Å². The molecule has 0 spiro atoms. The fourth-order valence-corrected chi connectivity index (χ4v) is 3.07. The van der Waals surface area contributed by atoms with Gasteiger partial charge in [-0.1, -0.05) is 0 Å². The van der Waals surface area contributed by atoms with E-state index in [1.807, 2.05) is 4.90 Å². The number of amides is 1. The Labute approximate surface area is 155 Å². The zero-order chi connectivity index (χ0) is 19.6. The van der Waals surface area contributed by atoms with E-state index in [0.29, 0.717) is 43.0 Å². The maximum absolute atomic E-state index is 14.3. The van der Waals surface area contributed by atoms with Crippen molar-refractivity contribution >= 4 is 23.3 Å². The van der Waals surface area contributed by atoms with Crippen LogP contribution in [0.25, 0.3) is 0 Å². The van der Waals surface area contributed by atoms with Gasteiger partial charge in [0.05, 0.1) is 11.3 Å². The van der Waals surface area contributed by atoms with Gasteiger partial charge < -0.3 is 14.9 Å². The molecule has 2 aromatic carbocycles. The minimum Gasteiger partial charge on any atom is -0.478 e. The molecule has 1 amide bonds. The van der Waals surface area contributed by atoms with Gasteiger partial charge in [-0.05, 0) is 49.4 Å². The van der Waals surface area contributed by atoms with Crippen LogP contribution < -0.4 is 4.90 Å². The molecule has 1 saturated heterocycles. The zero-order valence-corrected chi connectivity index (χ0v) is 14.8. The molecule has 6 nitrogen and oxygen atoms in total. The minimum absolute atomic E-state index is 0.126. The summed E-state index contributed by atoms with van der Waals surface area (Å²) in [5.74, 6) is -1.86. The van der Waals surface area contributed by atoms with Crippen LogP contribution >= 0.6 is 0 Å². The molecule has 0 bridgehead atoms. The lowest BCUT2D eigenvalue weighted by atomic mass is 10.1. The Bertz CT molecular complexity index is 887. The van der Waals surface area contributed by atoms with Gasteiger partial charge in [0.1, 0.15) is 5.82 Å². The molecule has 1 N–H and O–H groups in total. The number of aromatic carboxylic acids is 1. The number of hydrogen-bond acceptors (Lipinski definition) is 4. The molecule has 0 atom stereocenters. The van der Waals surface area contributed by atoms with Crippen LogP contribution in [0.5, 0.6) is 0 Å². The number of hydrogen-bond donors (Lipinski definition) is 1. The normalized spacial score (nSPS) is 14.1.